The summed E-state index contributed by atoms with van der Waals surface area (Å²) in [5.74, 6) is 0.00985. The number of anilines is 2. The summed E-state index contributed by atoms with van der Waals surface area (Å²) in [5, 5.41) is 12.7. The second-order valence-corrected chi connectivity index (χ2v) is 9.64. The minimum atomic E-state index is -0.738. The molecule has 0 radical (unpaired) electrons. The first-order valence-corrected chi connectivity index (χ1v) is 12.0. The van der Waals surface area contributed by atoms with Gasteiger partial charge in [0.2, 0.25) is 0 Å². The van der Waals surface area contributed by atoms with Crippen molar-refractivity contribution in [2.75, 3.05) is 23.7 Å². The Kier molecular flexibility index (Phi) is 7.44. The molecule has 184 valence electrons. The van der Waals surface area contributed by atoms with Gasteiger partial charge in [0, 0.05) is 60.6 Å². The maximum Gasteiger partial charge on any atom is 0.176 e. The number of hydrogen-bond acceptors (Lipinski definition) is 7. The Hall–Kier alpha value is -2.94. The average Bonchev–Trinajstić information content (AvgIpc) is 2.78. The zero-order valence-electron chi connectivity index (χ0n) is 19.6. The molecule has 3 aromatic rings. The minimum absolute atomic E-state index is 0.0543. The van der Waals surface area contributed by atoms with Gasteiger partial charge in [0.1, 0.15) is 11.9 Å². The Balaban J connectivity index is 1.52. The van der Waals surface area contributed by atoms with Crippen LogP contribution in [-0.2, 0) is 0 Å². The highest BCUT2D eigenvalue weighted by Crippen LogP contribution is 2.35. The third-order valence-electron chi connectivity index (χ3n) is 5.80. The molecule has 0 spiro atoms. The van der Waals surface area contributed by atoms with Crippen LogP contribution >= 0.6 is 23.2 Å². The van der Waals surface area contributed by atoms with Gasteiger partial charge in [0.05, 0.1) is 21.3 Å². The lowest BCUT2D eigenvalue weighted by Gasteiger charge is -2.41. The zero-order chi connectivity index (χ0) is 25.3. The molecule has 7 nitrogen and oxygen atoms in total. The van der Waals surface area contributed by atoms with E-state index in [4.69, 9.17) is 39.1 Å². The fraction of sp³-hybridized carbons (Fsp3) is 0.320. The molecule has 0 amide bonds. The molecule has 10 heteroatoms. The number of nitrogens with zero attached hydrogens (tertiary/aromatic N) is 3. The molecule has 0 aliphatic carbocycles. The summed E-state index contributed by atoms with van der Waals surface area (Å²) in [6.07, 6.45) is 3.79. The van der Waals surface area contributed by atoms with Gasteiger partial charge in [0.15, 0.2) is 11.6 Å². The van der Waals surface area contributed by atoms with E-state index >= 15 is 4.39 Å². The Labute approximate surface area is 213 Å². The number of pyridine rings is 2. The summed E-state index contributed by atoms with van der Waals surface area (Å²) in [6.45, 7) is 7.68. The van der Waals surface area contributed by atoms with Crippen molar-refractivity contribution in [3.8, 4) is 5.75 Å². The first-order chi connectivity index (χ1) is 16.7. The van der Waals surface area contributed by atoms with Crippen LogP contribution in [0.1, 0.15) is 43.6 Å². The van der Waals surface area contributed by atoms with Crippen LogP contribution < -0.4 is 20.7 Å². The maximum atomic E-state index is 15.5. The molecule has 0 saturated carbocycles. The van der Waals surface area contributed by atoms with Crippen LogP contribution in [0.5, 0.6) is 5.75 Å². The van der Waals surface area contributed by atoms with Gasteiger partial charge < -0.3 is 20.7 Å². The van der Waals surface area contributed by atoms with Crippen molar-refractivity contribution >= 4 is 40.4 Å². The number of nitrogen functional groups attached to an aromatic ring is 1. The van der Waals surface area contributed by atoms with E-state index in [1.165, 1.54) is 24.5 Å². The van der Waals surface area contributed by atoms with Crippen LogP contribution in [0.3, 0.4) is 0 Å². The van der Waals surface area contributed by atoms with E-state index in [1.54, 1.807) is 19.2 Å². The summed E-state index contributed by atoms with van der Waals surface area (Å²) in [7, 11) is 0. The van der Waals surface area contributed by atoms with E-state index < -0.39 is 11.9 Å². The fourth-order valence-electron chi connectivity index (χ4n) is 4.08. The van der Waals surface area contributed by atoms with Gasteiger partial charge in [-0.15, -0.1) is 0 Å². The van der Waals surface area contributed by atoms with Gasteiger partial charge >= 0.3 is 0 Å². The molecule has 2 aromatic heterocycles. The van der Waals surface area contributed by atoms with Crippen LogP contribution in [-0.4, -0.2) is 40.9 Å². The van der Waals surface area contributed by atoms with Gasteiger partial charge in [-0.3, -0.25) is 10.4 Å². The summed E-state index contributed by atoms with van der Waals surface area (Å²) < 4.78 is 21.3. The highest BCUT2D eigenvalue weighted by Gasteiger charge is 2.28. The Bertz CT molecular complexity index is 1210. The van der Waals surface area contributed by atoms with Crippen molar-refractivity contribution < 1.29 is 9.13 Å². The quantitative estimate of drug-likeness (QED) is 0.279. The number of nitrogens with two attached hydrogens (primary N) is 1. The molecule has 1 aliphatic heterocycles. The highest BCUT2D eigenvalue weighted by molar-refractivity contribution is 6.35. The first-order valence-electron chi connectivity index (χ1n) is 11.3. The SMILES string of the molecule is CC(C)NC1CN(c2ccc(C(=N)c3c(N)ccc(O[C@H](C)c4c(Cl)cncc4Cl)c3F)cn2)C1. The molecule has 0 bridgehead atoms. The molecule has 1 aromatic carbocycles. The van der Waals surface area contributed by atoms with Crippen molar-refractivity contribution in [3.63, 3.8) is 0 Å². The molecule has 1 saturated heterocycles. The smallest absolute Gasteiger partial charge is 0.176 e. The number of halogens is 3. The summed E-state index contributed by atoms with van der Waals surface area (Å²) in [5.41, 5.74) is 6.99. The summed E-state index contributed by atoms with van der Waals surface area (Å²) in [6, 6.07) is 7.38. The zero-order valence-corrected chi connectivity index (χ0v) is 21.2. The number of nitrogens with one attached hydrogen (secondary N) is 2. The number of ether oxygens (including phenoxy) is 1. The largest absolute Gasteiger partial charge is 0.483 e. The second-order valence-electron chi connectivity index (χ2n) is 8.82. The van der Waals surface area contributed by atoms with E-state index in [9.17, 15) is 0 Å². The number of aromatic nitrogens is 2. The van der Waals surface area contributed by atoms with Crippen LogP contribution in [0.15, 0.2) is 42.9 Å². The van der Waals surface area contributed by atoms with Crippen LogP contribution in [0.2, 0.25) is 10.0 Å². The van der Waals surface area contributed by atoms with Crippen molar-refractivity contribution in [2.24, 2.45) is 0 Å². The highest BCUT2D eigenvalue weighted by atomic mass is 35.5. The van der Waals surface area contributed by atoms with E-state index in [2.05, 4.69) is 34.0 Å². The van der Waals surface area contributed by atoms with Gasteiger partial charge in [-0.25, -0.2) is 9.37 Å². The topological polar surface area (TPSA) is 100 Å². The van der Waals surface area contributed by atoms with Crippen molar-refractivity contribution in [1.82, 2.24) is 15.3 Å². The van der Waals surface area contributed by atoms with E-state index in [0.29, 0.717) is 33.3 Å². The van der Waals surface area contributed by atoms with Crippen molar-refractivity contribution in [1.29, 1.82) is 5.41 Å². The normalized spacial score (nSPS) is 14.7. The molecule has 3 heterocycles. The van der Waals surface area contributed by atoms with Crippen LogP contribution in [0.25, 0.3) is 0 Å². The second kappa shape index (κ2) is 10.4. The molecule has 1 aliphatic rings. The van der Waals surface area contributed by atoms with Crippen LogP contribution in [0.4, 0.5) is 15.9 Å². The van der Waals surface area contributed by atoms with Crippen molar-refractivity contribution in [3.05, 3.63) is 75.4 Å². The van der Waals surface area contributed by atoms with Crippen molar-refractivity contribution in [2.45, 2.75) is 39.0 Å². The van der Waals surface area contributed by atoms with E-state index in [0.717, 1.165) is 18.9 Å². The first kappa shape index (κ1) is 25.2. The van der Waals surface area contributed by atoms with E-state index in [1.807, 2.05) is 6.07 Å². The Morgan fingerprint density at radius 2 is 1.83 bits per heavy atom. The standard InChI is InChI=1S/C25H27Cl2FN6O/c1-13(2)33-16-11-34(12-16)21-7-4-15(8-32-21)25(30)23-19(29)5-6-20(24(23)28)35-14(3)22-17(26)9-31-10-18(22)27/h4-10,13-14,16,30,33H,11-12,29H2,1-3H3/t14-/m1/s1. The summed E-state index contributed by atoms with van der Waals surface area (Å²) >= 11 is 12.4. The predicted octanol–water partition coefficient (Wildman–Crippen LogP) is 5.25. The minimum Gasteiger partial charge on any atom is -0.483 e. The lowest BCUT2D eigenvalue weighted by Crippen LogP contribution is -2.59. The fourth-order valence-corrected chi connectivity index (χ4v) is 4.76. The molecular weight excluding hydrogens is 490 g/mol. The van der Waals surface area contributed by atoms with E-state index in [-0.39, 0.29) is 22.7 Å². The molecule has 1 fully saturated rings. The average molecular weight is 517 g/mol. The third kappa shape index (κ3) is 5.34. The van der Waals surface area contributed by atoms with Gasteiger partial charge in [0.25, 0.3) is 0 Å². The molecule has 4 N–H and O–H groups in total. The maximum absolute atomic E-state index is 15.5. The molecular formula is C25H27Cl2FN6O. The molecule has 1 atom stereocenters. The Morgan fingerprint density at radius 3 is 2.43 bits per heavy atom. The molecule has 35 heavy (non-hydrogen) atoms. The lowest BCUT2D eigenvalue weighted by molar-refractivity contribution is 0.216. The number of hydrogen-bond donors (Lipinski definition) is 3. The van der Waals surface area contributed by atoms with Gasteiger partial charge in [-0.2, -0.15) is 0 Å². The number of rotatable bonds is 8. The lowest BCUT2D eigenvalue weighted by atomic mass is 10.0. The predicted molar refractivity (Wildman–Crippen MR) is 139 cm³/mol. The Morgan fingerprint density at radius 1 is 1.14 bits per heavy atom. The number of benzene rings is 1. The van der Waals surface area contributed by atoms with Crippen LogP contribution in [0, 0.1) is 11.2 Å². The van der Waals surface area contributed by atoms with Gasteiger partial charge in [-0.1, -0.05) is 37.0 Å². The third-order valence-corrected chi connectivity index (χ3v) is 6.40. The van der Waals surface area contributed by atoms with Gasteiger partial charge in [-0.05, 0) is 31.2 Å². The molecule has 4 rings (SSSR count). The monoisotopic (exact) mass is 516 g/mol. The summed E-state index contributed by atoms with van der Waals surface area (Å²) in [4.78, 5) is 10.5. The molecule has 0 unspecified atom stereocenters.